The lowest BCUT2D eigenvalue weighted by Gasteiger charge is -2.20. The topological polar surface area (TPSA) is 86.8 Å². The highest BCUT2D eigenvalue weighted by molar-refractivity contribution is 6.45. The van der Waals surface area contributed by atoms with Crippen LogP contribution >= 0.6 is 23.2 Å². The Bertz CT molecular complexity index is 762. The van der Waals surface area contributed by atoms with Crippen molar-refractivity contribution in [3.8, 4) is 0 Å². The van der Waals surface area contributed by atoms with Gasteiger partial charge in [0.1, 0.15) is 6.54 Å². The van der Waals surface area contributed by atoms with Crippen LogP contribution in [0.3, 0.4) is 0 Å². The zero-order chi connectivity index (χ0) is 18.1. The molecule has 0 unspecified atom stereocenters. The van der Waals surface area contributed by atoms with Gasteiger partial charge in [0, 0.05) is 11.7 Å². The number of halogens is 2. The molecule has 1 saturated heterocycles. The van der Waals surface area contributed by atoms with Crippen molar-refractivity contribution in [3.63, 3.8) is 0 Å². The summed E-state index contributed by atoms with van der Waals surface area (Å²) >= 11 is 11.7. The number of hydrogen-bond donors (Lipinski definition) is 1. The SMILES string of the molecule is O=C(CN1C(=O)C(=O)N(C2CCCC2)C1=O)Nc1ccc(Cl)c(Cl)c1. The quantitative estimate of drug-likeness (QED) is 0.639. The maximum Gasteiger partial charge on any atom is 0.334 e. The fourth-order valence-corrected chi connectivity index (χ4v) is 3.36. The standard InChI is InChI=1S/C16H15Cl2N3O4/c17-11-6-5-9(7-12(11)18)19-13(22)8-20-14(23)15(24)21(16(20)25)10-3-1-2-4-10/h5-7,10H,1-4,8H2,(H,19,22). The Morgan fingerprint density at radius 1 is 1.08 bits per heavy atom. The lowest BCUT2D eigenvalue weighted by Crippen LogP contribution is -2.41. The van der Waals surface area contributed by atoms with E-state index >= 15 is 0 Å². The molecule has 1 aromatic carbocycles. The van der Waals surface area contributed by atoms with E-state index in [0.29, 0.717) is 28.5 Å². The highest BCUT2D eigenvalue weighted by Crippen LogP contribution is 2.28. The van der Waals surface area contributed by atoms with Crippen LogP contribution in [-0.2, 0) is 14.4 Å². The Balaban J connectivity index is 1.68. The van der Waals surface area contributed by atoms with E-state index in [1.807, 2.05) is 0 Å². The predicted molar refractivity (Wildman–Crippen MR) is 91.3 cm³/mol. The van der Waals surface area contributed by atoms with Gasteiger partial charge >= 0.3 is 17.8 Å². The molecule has 7 nitrogen and oxygen atoms in total. The van der Waals surface area contributed by atoms with Gasteiger partial charge in [-0.05, 0) is 31.0 Å². The summed E-state index contributed by atoms with van der Waals surface area (Å²) in [5.41, 5.74) is 0.373. The second-order valence-electron chi connectivity index (χ2n) is 5.96. The zero-order valence-electron chi connectivity index (χ0n) is 13.1. The van der Waals surface area contributed by atoms with Gasteiger partial charge in [-0.1, -0.05) is 36.0 Å². The average molecular weight is 384 g/mol. The molecule has 1 aromatic rings. The van der Waals surface area contributed by atoms with E-state index in [4.69, 9.17) is 23.2 Å². The molecule has 1 saturated carbocycles. The first-order valence-electron chi connectivity index (χ1n) is 7.82. The van der Waals surface area contributed by atoms with Crippen LogP contribution < -0.4 is 5.32 Å². The van der Waals surface area contributed by atoms with Crippen molar-refractivity contribution < 1.29 is 19.2 Å². The van der Waals surface area contributed by atoms with E-state index in [0.717, 1.165) is 17.7 Å². The van der Waals surface area contributed by atoms with Crippen LogP contribution in [0.15, 0.2) is 18.2 Å². The molecule has 1 aliphatic carbocycles. The maximum absolute atomic E-state index is 12.4. The highest BCUT2D eigenvalue weighted by atomic mass is 35.5. The van der Waals surface area contributed by atoms with Crippen LogP contribution in [0, 0.1) is 0 Å². The van der Waals surface area contributed by atoms with E-state index in [2.05, 4.69) is 5.32 Å². The van der Waals surface area contributed by atoms with E-state index < -0.39 is 30.3 Å². The number of urea groups is 1. The van der Waals surface area contributed by atoms with Gasteiger partial charge in [0.2, 0.25) is 5.91 Å². The van der Waals surface area contributed by atoms with Crippen molar-refractivity contribution in [3.05, 3.63) is 28.2 Å². The Kier molecular flexibility index (Phi) is 4.96. The number of amides is 5. The number of nitrogens with one attached hydrogen (secondary N) is 1. The fourth-order valence-electron chi connectivity index (χ4n) is 3.06. The summed E-state index contributed by atoms with van der Waals surface area (Å²) in [6.45, 7) is -0.535. The van der Waals surface area contributed by atoms with Gasteiger partial charge in [-0.25, -0.2) is 9.69 Å². The average Bonchev–Trinajstić information content (AvgIpc) is 3.15. The Morgan fingerprint density at radius 3 is 2.40 bits per heavy atom. The van der Waals surface area contributed by atoms with Gasteiger partial charge < -0.3 is 5.32 Å². The van der Waals surface area contributed by atoms with E-state index in [9.17, 15) is 19.2 Å². The molecule has 1 aliphatic heterocycles. The minimum Gasteiger partial charge on any atom is -0.324 e. The molecule has 1 N–H and O–H groups in total. The molecule has 1 heterocycles. The highest BCUT2D eigenvalue weighted by Gasteiger charge is 2.48. The summed E-state index contributed by atoms with van der Waals surface area (Å²) in [5, 5.41) is 3.11. The number of carbonyl (C=O) groups is 4. The van der Waals surface area contributed by atoms with E-state index in [-0.39, 0.29) is 11.1 Å². The summed E-state index contributed by atoms with van der Waals surface area (Å²) in [7, 11) is 0. The second kappa shape index (κ2) is 7.01. The van der Waals surface area contributed by atoms with Crippen LogP contribution in [0.25, 0.3) is 0 Å². The second-order valence-corrected chi connectivity index (χ2v) is 6.78. The molecule has 5 amide bonds. The monoisotopic (exact) mass is 383 g/mol. The van der Waals surface area contributed by atoms with Crippen LogP contribution in [-0.4, -0.2) is 46.1 Å². The number of nitrogens with zero attached hydrogens (tertiary/aromatic N) is 2. The molecule has 0 aromatic heterocycles. The zero-order valence-corrected chi connectivity index (χ0v) is 14.6. The van der Waals surface area contributed by atoms with Crippen LogP contribution in [0.5, 0.6) is 0 Å². The lowest BCUT2D eigenvalue weighted by molar-refractivity contribution is -0.144. The number of rotatable bonds is 4. The number of imide groups is 2. The summed E-state index contributed by atoms with van der Waals surface area (Å²) in [6, 6.07) is 3.51. The Hall–Kier alpha value is -2.12. The van der Waals surface area contributed by atoms with Crippen molar-refractivity contribution in [2.45, 2.75) is 31.7 Å². The first-order valence-corrected chi connectivity index (χ1v) is 8.58. The molecule has 2 aliphatic rings. The molecule has 0 bridgehead atoms. The number of benzene rings is 1. The van der Waals surface area contributed by atoms with E-state index in [1.165, 1.54) is 18.2 Å². The van der Waals surface area contributed by atoms with Crippen LogP contribution in [0.2, 0.25) is 10.0 Å². The van der Waals surface area contributed by atoms with E-state index in [1.54, 1.807) is 0 Å². The van der Waals surface area contributed by atoms with Gasteiger partial charge in [0.05, 0.1) is 10.0 Å². The lowest BCUT2D eigenvalue weighted by atomic mass is 10.2. The van der Waals surface area contributed by atoms with Gasteiger partial charge in [0.15, 0.2) is 0 Å². The molecular formula is C16H15Cl2N3O4. The van der Waals surface area contributed by atoms with Crippen molar-refractivity contribution in [1.82, 2.24) is 9.80 Å². The third-order valence-corrected chi connectivity index (χ3v) is 5.02. The van der Waals surface area contributed by atoms with Gasteiger partial charge in [-0.15, -0.1) is 0 Å². The minimum atomic E-state index is -0.971. The molecule has 0 atom stereocenters. The summed E-state index contributed by atoms with van der Waals surface area (Å²) < 4.78 is 0. The molecule has 2 fully saturated rings. The number of carbonyl (C=O) groups excluding carboxylic acids is 4. The predicted octanol–water partition coefficient (Wildman–Crippen LogP) is 2.67. The first kappa shape index (κ1) is 17.7. The number of anilines is 1. The van der Waals surface area contributed by atoms with Crippen LogP contribution in [0.4, 0.5) is 10.5 Å². The molecule has 132 valence electrons. The summed E-state index contributed by atoms with van der Waals surface area (Å²) in [4.78, 5) is 50.3. The normalized spacial score (nSPS) is 18.4. The smallest absolute Gasteiger partial charge is 0.324 e. The maximum atomic E-state index is 12.4. The van der Waals surface area contributed by atoms with Gasteiger partial charge in [-0.2, -0.15) is 0 Å². The van der Waals surface area contributed by atoms with Gasteiger partial charge in [0.25, 0.3) is 0 Å². The first-order chi connectivity index (χ1) is 11.9. The molecule has 0 spiro atoms. The molecule has 9 heteroatoms. The third kappa shape index (κ3) is 3.48. The molecule has 3 rings (SSSR count). The van der Waals surface area contributed by atoms with Crippen molar-refractivity contribution in [1.29, 1.82) is 0 Å². The third-order valence-electron chi connectivity index (χ3n) is 4.28. The van der Waals surface area contributed by atoms with Crippen molar-refractivity contribution in [2.75, 3.05) is 11.9 Å². The largest absolute Gasteiger partial charge is 0.334 e. The molecular weight excluding hydrogens is 369 g/mol. The molecule has 0 radical (unpaired) electrons. The van der Waals surface area contributed by atoms with Crippen molar-refractivity contribution in [2.24, 2.45) is 0 Å². The van der Waals surface area contributed by atoms with Crippen molar-refractivity contribution >= 4 is 52.6 Å². The Morgan fingerprint density at radius 2 is 1.76 bits per heavy atom. The number of hydrogen-bond acceptors (Lipinski definition) is 4. The van der Waals surface area contributed by atoms with Crippen LogP contribution in [0.1, 0.15) is 25.7 Å². The van der Waals surface area contributed by atoms with Gasteiger partial charge in [-0.3, -0.25) is 19.3 Å². The summed E-state index contributed by atoms with van der Waals surface area (Å²) in [6.07, 6.45) is 3.20. The Labute approximate surface area is 153 Å². The summed E-state index contributed by atoms with van der Waals surface area (Å²) in [5.74, 6) is -2.44. The minimum absolute atomic E-state index is 0.257. The molecule has 25 heavy (non-hydrogen) atoms. The fraction of sp³-hybridized carbons (Fsp3) is 0.375.